The van der Waals surface area contributed by atoms with Gasteiger partial charge in [0.25, 0.3) is 0 Å². The van der Waals surface area contributed by atoms with Crippen molar-refractivity contribution in [2.24, 2.45) is 5.73 Å². The molecule has 78 valence electrons. The van der Waals surface area contributed by atoms with Crippen LogP contribution in [0.25, 0.3) is 0 Å². The molecule has 0 aliphatic heterocycles. The fraction of sp³-hybridized carbons (Fsp3) is 0.250. The molecule has 1 nitrogen and oxygen atoms in total. The molecule has 0 saturated heterocycles. The average Bonchev–Trinajstić information content (AvgIpc) is 2.06. The molecule has 0 radical (unpaired) electrons. The fourth-order valence-electron chi connectivity index (χ4n) is 1.00. The van der Waals surface area contributed by atoms with Crippen LogP contribution in [0.3, 0.4) is 0 Å². The summed E-state index contributed by atoms with van der Waals surface area (Å²) in [5.41, 5.74) is 4.66. The third-order valence-corrected chi connectivity index (χ3v) is 2.54. The van der Waals surface area contributed by atoms with Crippen LogP contribution in [0.2, 0.25) is 5.02 Å². The van der Waals surface area contributed by atoms with Crippen molar-refractivity contribution < 1.29 is 13.2 Å². The van der Waals surface area contributed by atoms with E-state index < -0.39 is 11.7 Å². The van der Waals surface area contributed by atoms with E-state index in [1.165, 1.54) is 6.07 Å². The summed E-state index contributed by atoms with van der Waals surface area (Å²) >= 11 is 8.51. The van der Waals surface area contributed by atoms with Crippen molar-refractivity contribution in [1.29, 1.82) is 0 Å². The van der Waals surface area contributed by atoms with E-state index in [9.17, 15) is 13.2 Å². The Kier molecular flexibility index (Phi) is 3.44. The number of rotatable bonds is 1. The van der Waals surface area contributed by atoms with Crippen LogP contribution in [0.4, 0.5) is 13.2 Å². The summed E-state index contributed by atoms with van der Waals surface area (Å²) in [5.74, 6) is 0. The van der Waals surface area contributed by atoms with Crippen LogP contribution in [0.15, 0.2) is 16.6 Å². The Labute approximate surface area is 92.2 Å². The van der Waals surface area contributed by atoms with Crippen molar-refractivity contribution >= 4 is 27.5 Å². The topological polar surface area (TPSA) is 26.0 Å². The predicted molar refractivity (Wildman–Crippen MR) is 52.0 cm³/mol. The zero-order valence-electron chi connectivity index (χ0n) is 6.83. The van der Waals surface area contributed by atoms with Gasteiger partial charge in [0.1, 0.15) is 0 Å². The van der Waals surface area contributed by atoms with E-state index in [-0.39, 0.29) is 17.1 Å². The van der Waals surface area contributed by atoms with Gasteiger partial charge in [0.2, 0.25) is 0 Å². The maximum absolute atomic E-state index is 12.4. The van der Waals surface area contributed by atoms with Crippen molar-refractivity contribution in [2.45, 2.75) is 12.7 Å². The molecule has 0 spiro atoms. The molecule has 1 rings (SSSR count). The van der Waals surface area contributed by atoms with Crippen molar-refractivity contribution in [2.75, 3.05) is 0 Å². The molecule has 0 aromatic heterocycles. The second kappa shape index (κ2) is 4.08. The van der Waals surface area contributed by atoms with Gasteiger partial charge in [-0.1, -0.05) is 27.5 Å². The first-order valence-corrected chi connectivity index (χ1v) is 4.78. The van der Waals surface area contributed by atoms with E-state index in [2.05, 4.69) is 15.9 Å². The summed E-state index contributed by atoms with van der Waals surface area (Å²) in [6.45, 7) is -0.0264. The molecule has 0 unspecified atom stereocenters. The van der Waals surface area contributed by atoms with Gasteiger partial charge in [-0.2, -0.15) is 13.2 Å². The molecule has 1 aromatic rings. The minimum Gasteiger partial charge on any atom is -0.326 e. The Morgan fingerprint density at radius 1 is 1.36 bits per heavy atom. The molecule has 0 aliphatic carbocycles. The standard InChI is InChI=1S/C8H6BrClF3N/c9-5-1-4(3-14)7(10)6(2-5)8(11,12)13/h1-2H,3,14H2. The zero-order valence-corrected chi connectivity index (χ0v) is 9.17. The molecule has 0 atom stereocenters. The average molecular weight is 288 g/mol. The van der Waals surface area contributed by atoms with Crippen molar-refractivity contribution in [1.82, 2.24) is 0 Å². The van der Waals surface area contributed by atoms with E-state index in [0.29, 0.717) is 4.47 Å². The smallest absolute Gasteiger partial charge is 0.326 e. The molecule has 0 saturated carbocycles. The van der Waals surface area contributed by atoms with Crippen molar-refractivity contribution in [3.8, 4) is 0 Å². The highest BCUT2D eigenvalue weighted by Crippen LogP contribution is 2.38. The molecular formula is C8H6BrClF3N. The number of hydrogen-bond donors (Lipinski definition) is 1. The maximum Gasteiger partial charge on any atom is 0.417 e. The molecule has 6 heteroatoms. The quantitative estimate of drug-likeness (QED) is 0.840. The highest BCUT2D eigenvalue weighted by atomic mass is 79.9. The van der Waals surface area contributed by atoms with Crippen LogP contribution in [0.1, 0.15) is 11.1 Å². The molecule has 0 aliphatic rings. The predicted octanol–water partition coefficient (Wildman–Crippen LogP) is 3.58. The lowest BCUT2D eigenvalue weighted by atomic mass is 10.1. The number of hydrogen-bond acceptors (Lipinski definition) is 1. The molecule has 1 aromatic carbocycles. The normalized spacial score (nSPS) is 11.9. The lowest BCUT2D eigenvalue weighted by molar-refractivity contribution is -0.137. The third kappa shape index (κ3) is 2.40. The summed E-state index contributed by atoms with van der Waals surface area (Å²) in [5, 5.41) is -0.330. The summed E-state index contributed by atoms with van der Waals surface area (Å²) in [4.78, 5) is 0. The van der Waals surface area contributed by atoms with E-state index in [4.69, 9.17) is 17.3 Å². The minimum absolute atomic E-state index is 0.0264. The summed E-state index contributed by atoms with van der Waals surface area (Å²) in [6, 6.07) is 2.40. The number of benzene rings is 1. The Morgan fingerprint density at radius 3 is 2.36 bits per heavy atom. The van der Waals surface area contributed by atoms with Gasteiger partial charge in [-0.25, -0.2) is 0 Å². The number of alkyl halides is 3. The van der Waals surface area contributed by atoms with Gasteiger partial charge in [0.05, 0.1) is 10.6 Å². The monoisotopic (exact) mass is 287 g/mol. The molecule has 0 fully saturated rings. The summed E-state index contributed by atoms with van der Waals surface area (Å²) in [7, 11) is 0. The Bertz CT molecular complexity index is 351. The highest BCUT2D eigenvalue weighted by Gasteiger charge is 2.34. The SMILES string of the molecule is NCc1cc(Br)cc(C(F)(F)F)c1Cl. The zero-order chi connectivity index (χ0) is 10.9. The van der Waals surface area contributed by atoms with Gasteiger partial charge in [-0.15, -0.1) is 0 Å². The van der Waals surface area contributed by atoms with Gasteiger partial charge < -0.3 is 5.73 Å². The molecule has 0 heterocycles. The molecule has 2 N–H and O–H groups in total. The minimum atomic E-state index is -4.45. The van der Waals surface area contributed by atoms with E-state index >= 15 is 0 Å². The van der Waals surface area contributed by atoms with Gasteiger partial charge in [-0.05, 0) is 17.7 Å². The lowest BCUT2D eigenvalue weighted by Gasteiger charge is -2.12. The van der Waals surface area contributed by atoms with E-state index in [1.807, 2.05) is 0 Å². The summed E-state index contributed by atoms with van der Waals surface area (Å²) < 4.78 is 37.5. The van der Waals surface area contributed by atoms with Crippen LogP contribution in [0.5, 0.6) is 0 Å². The van der Waals surface area contributed by atoms with Gasteiger partial charge >= 0.3 is 6.18 Å². The molecular weight excluding hydrogens is 282 g/mol. The van der Waals surface area contributed by atoms with Crippen LogP contribution in [0, 0.1) is 0 Å². The molecule has 14 heavy (non-hydrogen) atoms. The Hall–Kier alpha value is -0.260. The van der Waals surface area contributed by atoms with E-state index in [1.54, 1.807) is 0 Å². The highest BCUT2D eigenvalue weighted by molar-refractivity contribution is 9.10. The molecule has 0 amide bonds. The van der Waals surface area contributed by atoms with Gasteiger partial charge in [0.15, 0.2) is 0 Å². The van der Waals surface area contributed by atoms with Crippen molar-refractivity contribution in [3.63, 3.8) is 0 Å². The van der Waals surface area contributed by atoms with Crippen LogP contribution in [-0.2, 0) is 12.7 Å². The Balaban J connectivity index is 3.37. The van der Waals surface area contributed by atoms with Crippen LogP contribution < -0.4 is 5.73 Å². The largest absolute Gasteiger partial charge is 0.417 e. The summed E-state index contributed by atoms with van der Waals surface area (Å²) in [6.07, 6.45) is -4.45. The van der Waals surface area contributed by atoms with E-state index in [0.717, 1.165) is 6.07 Å². The Morgan fingerprint density at radius 2 is 1.93 bits per heavy atom. The number of nitrogens with two attached hydrogens (primary N) is 1. The van der Waals surface area contributed by atoms with Crippen molar-refractivity contribution in [3.05, 3.63) is 32.8 Å². The van der Waals surface area contributed by atoms with Crippen LogP contribution >= 0.6 is 27.5 Å². The third-order valence-electron chi connectivity index (χ3n) is 1.64. The molecule has 0 bridgehead atoms. The van der Waals surface area contributed by atoms with Gasteiger partial charge in [0, 0.05) is 11.0 Å². The first kappa shape index (κ1) is 11.8. The number of halogens is 5. The van der Waals surface area contributed by atoms with Gasteiger partial charge in [-0.3, -0.25) is 0 Å². The fourth-order valence-corrected chi connectivity index (χ4v) is 1.80. The first-order chi connectivity index (χ1) is 6.36. The van der Waals surface area contributed by atoms with Crippen LogP contribution in [-0.4, -0.2) is 0 Å². The lowest BCUT2D eigenvalue weighted by Crippen LogP contribution is -2.09. The maximum atomic E-state index is 12.4. The first-order valence-electron chi connectivity index (χ1n) is 3.61. The second-order valence-corrected chi connectivity index (χ2v) is 3.92. The second-order valence-electron chi connectivity index (χ2n) is 2.63.